The summed E-state index contributed by atoms with van der Waals surface area (Å²) in [6, 6.07) is 7.87. The van der Waals surface area contributed by atoms with Gasteiger partial charge in [0.05, 0.1) is 24.4 Å². The van der Waals surface area contributed by atoms with Gasteiger partial charge in [-0.3, -0.25) is 0 Å². The molecule has 1 aromatic heterocycles. The van der Waals surface area contributed by atoms with Gasteiger partial charge in [0.2, 0.25) is 0 Å². The first-order valence-electron chi connectivity index (χ1n) is 4.84. The Morgan fingerprint density at radius 3 is 2.94 bits per heavy atom. The number of rotatable bonds is 2. The SMILES string of the molecule is Cc1ccc(Cn2ncc(N)n2)cc1C#N. The minimum atomic E-state index is 0.396. The molecule has 5 nitrogen and oxygen atoms in total. The molecule has 2 N–H and O–H groups in total. The van der Waals surface area contributed by atoms with Crippen LogP contribution >= 0.6 is 0 Å². The number of nitriles is 1. The summed E-state index contributed by atoms with van der Waals surface area (Å²) in [7, 11) is 0. The molecule has 0 fully saturated rings. The number of anilines is 1. The van der Waals surface area contributed by atoms with Crippen molar-refractivity contribution in [3.63, 3.8) is 0 Å². The summed E-state index contributed by atoms with van der Waals surface area (Å²) >= 11 is 0. The first kappa shape index (κ1) is 10.2. The summed E-state index contributed by atoms with van der Waals surface area (Å²) in [4.78, 5) is 1.50. The third kappa shape index (κ3) is 2.01. The highest BCUT2D eigenvalue weighted by Gasteiger charge is 2.02. The molecule has 0 atom stereocenters. The highest BCUT2D eigenvalue weighted by atomic mass is 15.5. The summed E-state index contributed by atoms with van der Waals surface area (Å²) in [6.07, 6.45) is 1.50. The van der Waals surface area contributed by atoms with Crippen LogP contribution in [0.2, 0.25) is 0 Å². The van der Waals surface area contributed by atoms with Crippen molar-refractivity contribution in [3.05, 3.63) is 41.1 Å². The minimum Gasteiger partial charge on any atom is -0.381 e. The number of hydrogen-bond donors (Lipinski definition) is 1. The van der Waals surface area contributed by atoms with Crippen LogP contribution in [0.4, 0.5) is 5.82 Å². The van der Waals surface area contributed by atoms with Gasteiger partial charge in [0.15, 0.2) is 5.82 Å². The summed E-state index contributed by atoms with van der Waals surface area (Å²) in [5.41, 5.74) is 8.10. The molecule has 2 rings (SSSR count). The molecule has 0 aliphatic carbocycles. The van der Waals surface area contributed by atoms with E-state index in [0.717, 1.165) is 11.1 Å². The maximum atomic E-state index is 8.91. The summed E-state index contributed by atoms with van der Waals surface area (Å²) in [5, 5.41) is 16.9. The van der Waals surface area contributed by atoms with Crippen LogP contribution in [0.3, 0.4) is 0 Å². The third-order valence-electron chi connectivity index (χ3n) is 2.30. The van der Waals surface area contributed by atoms with Gasteiger partial charge in [-0.05, 0) is 24.1 Å². The summed E-state index contributed by atoms with van der Waals surface area (Å²) in [6.45, 7) is 2.43. The molecule has 0 spiro atoms. The van der Waals surface area contributed by atoms with Crippen LogP contribution in [0.5, 0.6) is 0 Å². The van der Waals surface area contributed by atoms with Crippen LogP contribution in [0.15, 0.2) is 24.4 Å². The van der Waals surface area contributed by atoms with Gasteiger partial charge in [0.1, 0.15) is 0 Å². The average Bonchev–Trinajstić information content (AvgIpc) is 2.67. The molecule has 0 unspecified atom stereocenters. The number of hydrogen-bond acceptors (Lipinski definition) is 4. The van der Waals surface area contributed by atoms with E-state index < -0.39 is 0 Å². The van der Waals surface area contributed by atoms with Crippen LogP contribution in [0.25, 0.3) is 0 Å². The van der Waals surface area contributed by atoms with Crippen LogP contribution in [-0.2, 0) is 6.54 Å². The molecule has 5 heteroatoms. The van der Waals surface area contributed by atoms with Gasteiger partial charge in [0, 0.05) is 0 Å². The Kier molecular flexibility index (Phi) is 2.56. The Hall–Kier alpha value is -2.35. The molecule has 1 heterocycles. The Bertz CT molecular complexity index is 550. The molecular formula is C11H11N5. The van der Waals surface area contributed by atoms with Gasteiger partial charge < -0.3 is 5.73 Å². The van der Waals surface area contributed by atoms with E-state index in [1.54, 1.807) is 0 Å². The minimum absolute atomic E-state index is 0.396. The lowest BCUT2D eigenvalue weighted by atomic mass is 10.1. The van der Waals surface area contributed by atoms with E-state index >= 15 is 0 Å². The highest BCUT2D eigenvalue weighted by Crippen LogP contribution is 2.10. The lowest BCUT2D eigenvalue weighted by Gasteiger charge is -2.02. The van der Waals surface area contributed by atoms with Crippen molar-refractivity contribution in [2.24, 2.45) is 0 Å². The molecule has 1 aromatic carbocycles. The Balaban J connectivity index is 2.26. The number of nitrogens with two attached hydrogens (primary N) is 1. The number of aromatic nitrogens is 3. The van der Waals surface area contributed by atoms with Crippen LogP contribution in [0.1, 0.15) is 16.7 Å². The topological polar surface area (TPSA) is 80.5 Å². The molecule has 0 amide bonds. The van der Waals surface area contributed by atoms with Gasteiger partial charge in [0.25, 0.3) is 0 Å². The molecule has 80 valence electrons. The van der Waals surface area contributed by atoms with Crippen molar-refractivity contribution in [2.45, 2.75) is 13.5 Å². The monoisotopic (exact) mass is 213 g/mol. The van der Waals surface area contributed by atoms with Crippen molar-refractivity contribution in [2.75, 3.05) is 5.73 Å². The second-order valence-corrected chi connectivity index (χ2v) is 3.56. The van der Waals surface area contributed by atoms with E-state index in [1.807, 2.05) is 25.1 Å². The molecule has 0 aliphatic rings. The first-order valence-corrected chi connectivity index (χ1v) is 4.84. The molecular weight excluding hydrogens is 202 g/mol. The number of aryl methyl sites for hydroxylation is 1. The second-order valence-electron chi connectivity index (χ2n) is 3.56. The molecule has 0 aliphatic heterocycles. The van der Waals surface area contributed by atoms with Gasteiger partial charge in [-0.15, -0.1) is 5.10 Å². The van der Waals surface area contributed by atoms with E-state index in [9.17, 15) is 0 Å². The predicted molar refractivity (Wildman–Crippen MR) is 59.4 cm³/mol. The quantitative estimate of drug-likeness (QED) is 0.809. The van der Waals surface area contributed by atoms with Gasteiger partial charge in [-0.1, -0.05) is 12.1 Å². The summed E-state index contributed by atoms with van der Waals surface area (Å²) in [5.74, 6) is 0.396. The van der Waals surface area contributed by atoms with Crippen molar-refractivity contribution >= 4 is 5.82 Å². The zero-order valence-electron chi connectivity index (χ0n) is 8.88. The van der Waals surface area contributed by atoms with E-state index in [-0.39, 0.29) is 0 Å². The van der Waals surface area contributed by atoms with Crippen LogP contribution in [0, 0.1) is 18.3 Å². The standard InChI is InChI=1S/C11H11N5/c1-8-2-3-9(4-10(8)5-12)7-16-14-6-11(13)15-16/h2-4,6H,7H2,1H3,(H2,13,15). The van der Waals surface area contributed by atoms with E-state index in [2.05, 4.69) is 16.3 Å². The Morgan fingerprint density at radius 2 is 2.31 bits per heavy atom. The molecule has 2 aromatic rings. The summed E-state index contributed by atoms with van der Waals surface area (Å²) < 4.78 is 0. The maximum absolute atomic E-state index is 8.91. The Morgan fingerprint density at radius 1 is 1.50 bits per heavy atom. The average molecular weight is 213 g/mol. The van der Waals surface area contributed by atoms with Gasteiger partial charge in [-0.25, -0.2) is 0 Å². The highest BCUT2D eigenvalue weighted by molar-refractivity contribution is 5.39. The fourth-order valence-electron chi connectivity index (χ4n) is 1.44. The molecule has 0 saturated carbocycles. The van der Waals surface area contributed by atoms with E-state index in [1.165, 1.54) is 11.0 Å². The molecule has 0 radical (unpaired) electrons. The van der Waals surface area contributed by atoms with Crippen molar-refractivity contribution in [1.82, 2.24) is 15.0 Å². The second kappa shape index (κ2) is 4.03. The zero-order valence-corrected chi connectivity index (χ0v) is 8.88. The predicted octanol–water partition coefficient (Wildman–Crippen LogP) is 1.09. The molecule has 0 bridgehead atoms. The zero-order chi connectivity index (χ0) is 11.5. The van der Waals surface area contributed by atoms with Gasteiger partial charge >= 0.3 is 0 Å². The maximum Gasteiger partial charge on any atom is 0.165 e. The Labute approximate surface area is 93.1 Å². The molecule has 16 heavy (non-hydrogen) atoms. The van der Waals surface area contributed by atoms with Crippen molar-refractivity contribution < 1.29 is 0 Å². The normalized spacial score (nSPS) is 10.0. The number of nitrogen functional groups attached to an aromatic ring is 1. The van der Waals surface area contributed by atoms with E-state index in [0.29, 0.717) is 17.9 Å². The lowest BCUT2D eigenvalue weighted by Crippen LogP contribution is -2.04. The number of nitrogens with zero attached hydrogens (tertiary/aromatic N) is 4. The van der Waals surface area contributed by atoms with Crippen LogP contribution < -0.4 is 5.73 Å². The lowest BCUT2D eigenvalue weighted by molar-refractivity contribution is 0.593. The third-order valence-corrected chi connectivity index (χ3v) is 2.30. The number of benzene rings is 1. The van der Waals surface area contributed by atoms with E-state index in [4.69, 9.17) is 11.0 Å². The van der Waals surface area contributed by atoms with Crippen molar-refractivity contribution in [3.8, 4) is 6.07 Å². The van der Waals surface area contributed by atoms with Crippen molar-refractivity contribution in [1.29, 1.82) is 5.26 Å². The largest absolute Gasteiger partial charge is 0.381 e. The van der Waals surface area contributed by atoms with Crippen LogP contribution in [-0.4, -0.2) is 15.0 Å². The smallest absolute Gasteiger partial charge is 0.165 e. The fraction of sp³-hybridized carbons (Fsp3) is 0.182. The van der Waals surface area contributed by atoms with Gasteiger partial charge in [-0.2, -0.15) is 15.2 Å². The molecule has 0 saturated heterocycles. The fourth-order valence-corrected chi connectivity index (χ4v) is 1.44. The first-order chi connectivity index (χ1) is 7.69.